The van der Waals surface area contributed by atoms with Gasteiger partial charge in [0.15, 0.2) is 6.29 Å². The quantitative estimate of drug-likeness (QED) is 0.00505. The van der Waals surface area contributed by atoms with Crippen molar-refractivity contribution in [3.05, 3.63) is 118 Å². The molecule has 2 atom stereocenters. The molecule has 0 radical (unpaired) electrons. The molecular formula is C69H103Cl3MnN8O17. The van der Waals surface area contributed by atoms with Gasteiger partial charge in [0.05, 0.1) is 51.0 Å². The number of aryl methyl sites for hydroxylation is 4. The molecule has 8 N–H and O–H groups in total. The molecule has 4 fully saturated rings. The van der Waals surface area contributed by atoms with E-state index in [4.69, 9.17) is 70.1 Å². The summed E-state index contributed by atoms with van der Waals surface area (Å²) in [6.45, 7) is 7.72. The summed E-state index contributed by atoms with van der Waals surface area (Å²) in [4.78, 5) is 97.9. The molecule has 4 saturated carbocycles. The summed E-state index contributed by atoms with van der Waals surface area (Å²) >= 11 is 8.09. The van der Waals surface area contributed by atoms with Crippen LogP contribution in [0.4, 0.5) is 0 Å². The van der Waals surface area contributed by atoms with Gasteiger partial charge in [-0.15, -0.1) is 35.6 Å². The van der Waals surface area contributed by atoms with Crippen molar-refractivity contribution >= 4 is 77.6 Å². The summed E-state index contributed by atoms with van der Waals surface area (Å²) in [5, 5.41) is 31.0. The van der Waals surface area contributed by atoms with E-state index in [0.717, 1.165) is 123 Å². The number of hydrogen-bond donors (Lipinski definition) is 7. The van der Waals surface area contributed by atoms with Crippen LogP contribution in [0.2, 0.25) is 0 Å². The minimum atomic E-state index is -1.44. The predicted molar refractivity (Wildman–Crippen MR) is 364 cm³/mol. The number of nitrogens with zero attached hydrogens (tertiary/aromatic N) is 4. The van der Waals surface area contributed by atoms with Gasteiger partial charge in [0.2, 0.25) is 5.91 Å². The second-order valence-electron chi connectivity index (χ2n) is 23.1. The molecule has 549 valence electrons. The van der Waals surface area contributed by atoms with Gasteiger partial charge in [-0.05, 0) is 163 Å². The average Bonchev–Trinajstić information content (AvgIpc) is 1.13. The number of aliphatic hydroxyl groups is 1. The third kappa shape index (κ3) is 40.2. The molecule has 0 aromatic carbocycles. The Morgan fingerprint density at radius 2 is 0.847 bits per heavy atom. The second-order valence-corrected chi connectivity index (χ2v) is 24.2. The maximum atomic E-state index is 12.9. The van der Waals surface area contributed by atoms with Crippen molar-refractivity contribution in [2.75, 3.05) is 25.2 Å². The zero-order chi connectivity index (χ0) is 71.3. The number of carbonyl (C=O) groups is 7. The molecule has 0 spiro atoms. The SMILES string of the molecule is CCOC(=O)CCc1ccc(C=O)cn1.CCOC(=O)CCc1ccc(CN[C@H](C(=O)OC2CCCC2)C2CCCCC2)cn1.CCOC(=O)CCc1ccc(CO)cn1.Cl.ClCCl.NO.O=C(CCc1ccc(CN[C@H](C(=O)OC2CCCC2)C2CCCCC2)cn1)NO.[O]=[Mn]=[O]. The third-order valence-electron chi connectivity index (χ3n) is 16.2. The number of carbonyl (C=O) groups excluding carboxylic acids is 7. The number of amides is 1. The van der Waals surface area contributed by atoms with E-state index in [1.165, 1.54) is 44.7 Å². The number of hydroxylamine groups is 1. The number of aldehydes is 1. The summed E-state index contributed by atoms with van der Waals surface area (Å²) in [5.41, 5.74) is 8.25. The Labute approximate surface area is 598 Å². The Kier molecular flexibility index (Phi) is 52.8. The van der Waals surface area contributed by atoms with Crippen LogP contribution in [0.3, 0.4) is 0 Å². The third-order valence-corrected chi connectivity index (χ3v) is 16.2. The van der Waals surface area contributed by atoms with Crippen LogP contribution in [0.15, 0.2) is 73.3 Å². The molecule has 8 rings (SSSR count). The fourth-order valence-corrected chi connectivity index (χ4v) is 11.2. The number of nitrogens with one attached hydrogen (secondary N) is 3. The first-order valence-corrected chi connectivity index (χ1v) is 35.6. The van der Waals surface area contributed by atoms with Gasteiger partial charge in [-0.1, -0.05) is 56.7 Å². The average molecular weight is 1480 g/mol. The fraction of sp³-hybridized carbons (Fsp3) is 0.609. The Morgan fingerprint density at radius 1 is 0.531 bits per heavy atom. The minimum absolute atomic E-state index is 0. The normalized spacial score (nSPS) is 14.8. The van der Waals surface area contributed by atoms with Crippen LogP contribution >= 0.6 is 35.6 Å². The van der Waals surface area contributed by atoms with E-state index in [9.17, 15) is 33.6 Å². The van der Waals surface area contributed by atoms with E-state index >= 15 is 0 Å². The topological polar surface area (TPSA) is 374 Å². The van der Waals surface area contributed by atoms with Crippen LogP contribution in [-0.4, -0.2) is 127 Å². The molecule has 0 aliphatic heterocycles. The number of esters is 5. The first kappa shape index (κ1) is 89.9. The number of pyridine rings is 4. The molecular weight excluding hydrogens is 1370 g/mol. The number of nitrogens with two attached hydrogens (primary N) is 1. The number of rotatable bonds is 29. The van der Waals surface area contributed by atoms with Gasteiger partial charge in [-0.2, -0.15) is 0 Å². The van der Waals surface area contributed by atoms with Crippen molar-refractivity contribution in [1.29, 1.82) is 0 Å². The van der Waals surface area contributed by atoms with Crippen molar-refractivity contribution < 1.29 is 95.3 Å². The zero-order valence-electron chi connectivity index (χ0n) is 56.8. The van der Waals surface area contributed by atoms with Gasteiger partial charge in [-0.3, -0.25) is 58.7 Å². The first-order valence-electron chi connectivity index (χ1n) is 33.5. The summed E-state index contributed by atoms with van der Waals surface area (Å²) in [6, 6.07) is 14.3. The Hall–Kier alpha value is -6.16. The van der Waals surface area contributed by atoms with Crippen molar-refractivity contribution in [3.8, 4) is 0 Å². The number of alkyl halides is 2. The van der Waals surface area contributed by atoms with Crippen LogP contribution in [0.25, 0.3) is 0 Å². The number of aliphatic hydroxyl groups excluding tert-OH is 1. The molecule has 1 amide bonds. The van der Waals surface area contributed by atoms with E-state index < -0.39 is 20.7 Å². The Morgan fingerprint density at radius 3 is 1.13 bits per heavy atom. The molecule has 29 heteroatoms. The molecule has 4 heterocycles. The first-order chi connectivity index (χ1) is 47.1. The van der Waals surface area contributed by atoms with E-state index in [2.05, 4.69) is 36.5 Å². The van der Waals surface area contributed by atoms with Crippen LogP contribution in [0, 0.1) is 11.8 Å². The van der Waals surface area contributed by atoms with Gasteiger partial charge in [0.25, 0.3) is 0 Å². The van der Waals surface area contributed by atoms with Crippen LogP contribution in [0.1, 0.15) is 212 Å². The monoisotopic (exact) mass is 1480 g/mol. The maximum absolute atomic E-state index is 12.9. The molecule has 4 aliphatic rings. The summed E-state index contributed by atoms with van der Waals surface area (Å²) in [5.74, 6) is 2.97. The predicted octanol–water partition coefficient (Wildman–Crippen LogP) is 10.5. The molecule has 0 bridgehead atoms. The molecule has 4 aliphatic carbocycles. The zero-order valence-corrected chi connectivity index (χ0v) is 60.3. The van der Waals surface area contributed by atoms with Crippen molar-refractivity contribution in [3.63, 3.8) is 0 Å². The number of ether oxygens (including phenoxy) is 5. The summed E-state index contributed by atoms with van der Waals surface area (Å²) in [7, 11) is 0. The summed E-state index contributed by atoms with van der Waals surface area (Å²) < 4.78 is 43.0. The van der Waals surface area contributed by atoms with E-state index in [-0.39, 0.29) is 84.9 Å². The molecule has 98 heavy (non-hydrogen) atoms. The molecule has 25 nitrogen and oxygen atoms in total. The van der Waals surface area contributed by atoms with Crippen LogP contribution < -0.4 is 22.0 Å². The van der Waals surface area contributed by atoms with E-state index in [1.807, 2.05) is 43.5 Å². The standard InChI is InChI=1S/C24H36N2O4.C22H33N3O4.C11H15NO3.C11H13NO3.CH2Cl2.ClH.Mn.H3NO.2O/c1-2-29-22(27)15-14-20-13-12-18(16-25-20)17-26-23(19-8-4-3-5-9-19)24(28)30-21-10-6-7-11-21;26-20(25-28)13-12-18-11-10-16(14-23-18)15-24-21(17-6-2-1-3-7-17)22(27)29-19-8-4-5-9-19;2*1-2-15-11(14)6-5-10-4-3-9(8-13)7-12-10;2-1-3;;;1-2;;/h12-13,16,19,21,23,26H,2-11,14-15,17H2,1H3;10-11,14,17,19,21,24,28H,1-9,12-13,15H2,(H,25,26);3-4,7,13H,2,5-6,8H2,1H3;3-4,7-8H,2,5-6H2,1H3;1H2;1H;;2H,1H2;;/t23-;21-;;;;;;;;/m00......../s1. The fourth-order valence-electron chi connectivity index (χ4n) is 11.2. The number of aromatic nitrogens is 4. The summed E-state index contributed by atoms with van der Waals surface area (Å²) in [6.07, 6.45) is 31.2. The Balaban J connectivity index is 0.000000654. The van der Waals surface area contributed by atoms with Crippen molar-refractivity contribution in [2.45, 2.75) is 232 Å². The second kappa shape index (κ2) is 57.6. The van der Waals surface area contributed by atoms with Crippen LogP contribution in [0.5, 0.6) is 0 Å². The van der Waals surface area contributed by atoms with Crippen LogP contribution in [-0.2, 0) is 120 Å². The molecule has 0 unspecified atom stereocenters. The van der Waals surface area contributed by atoms with Gasteiger partial charge in [0, 0.05) is 91.9 Å². The van der Waals surface area contributed by atoms with E-state index in [1.54, 1.807) is 49.9 Å². The number of hydrogen-bond acceptors (Lipinski definition) is 24. The van der Waals surface area contributed by atoms with Gasteiger partial charge < -0.3 is 44.6 Å². The molecule has 4 aromatic heterocycles. The van der Waals surface area contributed by atoms with Gasteiger partial charge in [-0.25, -0.2) is 11.4 Å². The van der Waals surface area contributed by atoms with Gasteiger partial charge in [0.1, 0.15) is 24.3 Å². The number of halogens is 3. The Bertz CT molecular complexity index is 2830. The van der Waals surface area contributed by atoms with Crippen molar-refractivity contribution in [1.82, 2.24) is 36.0 Å². The van der Waals surface area contributed by atoms with Crippen molar-refractivity contribution in [2.24, 2.45) is 17.7 Å². The van der Waals surface area contributed by atoms with Gasteiger partial charge >= 0.3 is 52.3 Å². The molecule has 4 aromatic rings. The molecule has 0 saturated heterocycles. The van der Waals surface area contributed by atoms with E-state index in [0.29, 0.717) is 95.3 Å².